The summed E-state index contributed by atoms with van der Waals surface area (Å²) in [5.74, 6) is -0.797. The zero-order chi connectivity index (χ0) is 28.0. The largest absolute Gasteiger partial charge is 0.355 e. The van der Waals surface area contributed by atoms with E-state index >= 15 is 0 Å². The normalized spacial score (nSPS) is 12.1. The fourth-order valence-corrected chi connectivity index (χ4v) is 6.04. The predicted molar refractivity (Wildman–Crippen MR) is 154 cm³/mol. The van der Waals surface area contributed by atoms with Crippen LogP contribution in [0.2, 0.25) is 0 Å². The molecule has 38 heavy (non-hydrogen) atoms. The number of nitrogens with one attached hydrogen (secondary N) is 1. The number of halogens is 1. The third-order valence-corrected chi connectivity index (χ3v) is 8.42. The van der Waals surface area contributed by atoms with Gasteiger partial charge in [-0.1, -0.05) is 51.8 Å². The molecule has 0 bridgehead atoms. The van der Waals surface area contributed by atoms with Crippen LogP contribution in [0.4, 0.5) is 5.69 Å². The fraction of sp³-hybridized carbons (Fsp3) is 0.310. The molecular weight excluding hydrogens is 566 g/mol. The van der Waals surface area contributed by atoms with E-state index < -0.39 is 28.5 Å². The quantitative estimate of drug-likeness (QED) is 0.350. The molecule has 2 amide bonds. The molecular formula is C29H34BrN3O4S. The molecule has 0 aromatic heterocycles. The van der Waals surface area contributed by atoms with Gasteiger partial charge in [0.2, 0.25) is 11.8 Å². The van der Waals surface area contributed by atoms with Crippen molar-refractivity contribution in [2.24, 2.45) is 0 Å². The Bertz CT molecular complexity index is 1390. The monoisotopic (exact) mass is 599 g/mol. The van der Waals surface area contributed by atoms with Crippen molar-refractivity contribution in [3.05, 3.63) is 93.5 Å². The van der Waals surface area contributed by atoms with Gasteiger partial charge >= 0.3 is 0 Å². The Morgan fingerprint density at radius 2 is 1.55 bits per heavy atom. The van der Waals surface area contributed by atoms with E-state index in [0.717, 1.165) is 31.0 Å². The second-order valence-corrected chi connectivity index (χ2v) is 12.2. The van der Waals surface area contributed by atoms with Gasteiger partial charge in [-0.15, -0.1) is 0 Å². The third kappa shape index (κ3) is 7.23. The van der Waals surface area contributed by atoms with Crippen molar-refractivity contribution in [2.45, 2.75) is 52.1 Å². The molecule has 0 spiro atoms. The smallest absolute Gasteiger partial charge is 0.264 e. The van der Waals surface area contributed by atoms with Crippen molar-refractivity contribution >= 4 is 43.5 Å². The molecule has 0 heterocycles. The van der Waals surface area contributed by atoms with E-state index in [1.165, 1.54) is 4.90 Å². The number of carbonyl (C=O) groups excluding carboxylic acids is 2. The van der Waals surface area contributed by atoms with Gasteiger partial charge in [0, 0.05) is 17.6 Å². The lowest BCUT2D eigenvalue weighted by atomic mass is 10.1. The highest BCUT2D eigenvalue weighted by Crippen LogP contribution is 2.27. The summed E-state index contributed by atoms with van der Waals surface area (Å²) in [5, 5.41) is 2.77. The number of anilines is 1. The first-order chi connectivity index (χ1) is 17.9. The Balaban J connectivity index is 2.07. The zero-order valence-electron chi connectivity index (χ0n) is 22.4. The molecule has 1 N–H and O–H groups in total. The first kappa shape index (κ1) is 29.4. The van der Waals surface area contributed by atoms with E-state index in [1.54, 1.807) is 50.2 Å². The van der Waals surface area contributed by atoms with E-state index in [-0.39, 0.29) is 17.3 Å². The van der Waals surface area contributed by atoms with Crippen LogP contribution in [0, 0.1) is 20.8 Å². The maximum absolute atomic E-state index is 13.9. The summed E-state index contributed by atoms with van der Waals surface area (Å²) in [6.45, 7) is 9.19. The molecule has 0 saturated heterocycles. The molecule has 0 saturated carbocycles. The average molecular weight is 601 g/mol. The molecule has 3 aromatic carbocycles. The first-order valence-electron chi connectivity index (χ1n) is 12.4. The molecule has 0 aliphatic heterocycles. The van der Waals surface area contributed by atoms with Crippen LogP contribution >= 0.6 is 15.9 Å². The maximum atomic E-state index is 13.9. The van der Waals surface area contributed by atoms with Gasteiger partial charge in [-0.25, -0.2) is 8.42 Å². The van der Waals surface area contributed by atoms with Gasteiger partial charge in [0.15, 0.2) is 0 Å². The Morgan fingerprint density at radius 3 is 2.13 bits per heavy atom. The lowest BCUT2D eigenvalue weighted by Crippen LogP contribution is -2.51. The van der Waals surface area contributed by atoms with Crippen LogP contribution in [0.25, 0.3) is 0 Å². The highest BCUT2D eigenvalue weighted by molar-refractivity contribution is 9.10. The first-order valence-corrected chi connectivity index (χ1v) is 14.6. The molecule has 3 rings (SSSR count). The molecule has 202 valence electrons. The SMILES string of the molecule is CCNC(=O)C(C)N(Cc1cccc(Br)c1)C(=O)CN(c1cc(C)cc(C)c1)S(=O)(=O)c1ccc(C)cc1. The minimum Gasteiger partial charge on any atom is -0.355 e. The van der Waals surface area contributed by atoms with E-state index in [9.17, 15) is 18.0 Å². The van der Waals surface area contributed by atoms with Crippen molar-refractivity contribution in [3.63, 3.8) is 0 Å². The van der Waals surface area contributed by atoms with Crippen LogP contribution < -0.4 is 9.62 Å². The maximum Gasteiger partial charge on any atom is 0.264 e. The number of aryl methyl sites for hydroxylation is 3. The van der Waals surface area contributed by atoms with Crippen LogP contribution in [-0.2, 0) is 26.2 Å². The minimum atomic E-state index is -4.09. The number of rotatable bonds is 10. The second-order valence-electron chi connectivity index (χ2n) is 9.39. The van der Waals surface area contributed by atoms with Crippen LogP contribution in [0.5, 0.6) is 0 Å². The molecule has 0 fully saturated rings. The highest BCUT2D eigenvalue weighted by Gasteiger charge is 2.32. The molecule has 0 aliphatic rings. The van der Waals surface area contributed by atoms with Gasteiger partial charge in [-0.3, -0.25) is 13.9 Å². The summed E-state index contributed by atoms with van der Waals surface area (Å²) in [4.78, 5) is 28.2. The third-order valence-electron chi connectivity index (χ3n) is 6.14. The van der Waals surface area contributed by atoms with Crippen LogP contribution in [0.15, 0.2) is 76.1 Å². The van der Waals surface area contributed by atoms with E-state index in [1.807, 2.05) is 51.1 Å². The van der Waals surface area contributed by atoms with Gasteiger partial charge in [0.25, 0.3) is 10.0 Å². The van der Waals surface area contributed by atoms with E-state index in [4.69, 9.17) is 0 Å². The topological polar surface area (TPSA) is 86.8 Å². The molecule has 3 aromatic rings. The Hall–Kier alpha value is -3.17. The molecule has 0 aliphatic carbocycles. The number of amides is 2. The summed E-state index contributed by atoms with van der Waals surface area (Å²) in [5.41, 5.74) is 3.87. The number of likely N-dealkylation sites (N-methyl/N-ethyl adjacent to an activating group) is 1. The number of hydrogen-bond acceptors (Lipinski definition) is 4. The molecule has 0 radical (unpaired) electrons. The van der Waals surface area contributed by atoms with Gasteiger partial charge in [-0.05, 0) is 87.7 Å². The fourth-order valence-electron chi connectivity index (χ4n) is 4.20. The summed E-state index contributed by atoms with van der Waals surface area (Å²) in [7, 11) is -4.09. The van der Waals surface area contributed by atoms with Crippen molar-refractivity contribution in [3.8, 4) is 0 Å². The molecule has 7 nitrogen and oxygen atoms in total. The molecule has 1 unspecified atom stereocenters. The average Bonchev–Trinajstić information content (AvgIpc) is 2.85. The summed E-state index contributed by atoms with van der Waals surface area (Å²) >= 11 is 3.45. The van der Waals surface area contributed by atoms with Crippen LogP contribution in [0.1, 0.15) is 36.1 Å². The highest BCUT2D eigenvalue weighted by atomic mass is 79.9. The number of hydrogen-bond donors (Lipinski definition) is 1. The second kappa shape index (κ2) is 12.6. The van der Waals surface area contributed by atoms with Crippen LogP contribution in [-0.4, -0.2) is 44.3 Å². The Morgan fingerprint density at radius 1 is 0.921 bits per heavy atom. The van der Waals surface area contributed by atoms with Gasteiger partial charge in [0.1, 0.15) is 12.6 Å². The molecule has 9 heteroatoms. The lowest BCUT2D eigenvalue weighted by Gasteiger charge is -2.32. The van der Waals surface area contributed by atoms with Crippen molar-refractivity contribution in [1.29, 1.82) is 0 Å². The summed E-state index contributed by atoms with van der Waals surface area (Å²) in [6, 6.07) is 18.6. The van der Waals surface area contributed by atoms with Crippen LogP contribution in [0.3, 0.4) is 0 Å². The van der Waals surface area contributed by atoms with Gasteiger partial charge in [0.05, 0.1) is 10.6 Å². The Kier molecular flexibility index (Phi) is 9.73. The minimum absolute atomic E-state index is 0.0883. The molecule has 1 atom stereocenters. The number of benzene rings is 3. The number of sulfonamides is 1. The lowest BCUT2D eigenvalue weighted by molar-refractivity contribution is -0.139. The van der Waals surface area contributed by atoms with Gasteiger partial charge in [-0.2, -0.15) is 0 Å². The summed E-state index contributed by atoms with van der Waals surface area (Å²) in [6.07, 6.45) is 0. The van der Waals surface area contributed by atoms with Gasteiger partial charge < -0.3 is 10.2 Å². The predicted octanol–water partition coefficient (Wildman–Crippen LogP) is 5.12. The van der Waals surface area contributed by atoms with Crippen molar-refractivity contribution in [1.82, 2.24) is 10.2 Å². The standard InChI is InChI=1S/C29H34BrN3O4S/c1-6-31-29(35)23(5)32(18-24-8-7-9-25(30)17-24)28(34)19-33(26-15-21(3)14-22(4)16-26)38(36,37)27-12-10-20(2)11-13-27/h7-17,23H,6,18-19H2,1-5H3,(H,31,35). The van der Waals surface area contributed by atoms with Crippen molar-refractivity contribution < 1.29 is 18.0 Å². The van der Waals surface area contributed by atoms with E-state index in [0.29, 0.717) is 12.2 Å². The number of nitrogens with zero attached hydrogens (tertiary/aromatic N) is 2. The van der Waals surface area contributed by atoms with Crippen molar-refractivity contribution in [2.75, 3.05) is 17.4 Å². The van der Waals surface area contributed by atoms with E-state index in [2.05, 4.69) is 21.2 Å². The summed E-state index contributed by atoms with van der Waals surface area (Å²) < 4.78 is 29.8. The zero-order valence-corrected chi connectivity index (χ0v) is 24.8. The Labute approximate surface area is 234 Å². The number of carbonyl (C=O) groups is 2.